The van der Waals surface area contributed by atoms with E-state index in [0.717, 1.165) is 0 Å². The van der Waals surface area contributed by atoms with Crippen LogP contribution in [0, 0.1) is 0 Å². The first-order valence-electron chi connectivity index (χ1n) is 7.03. The molecular weight excluding hydrogens is 339 g/mol. The van der Waals surface area contributed by atoms with Crippen molar-refractivity contribution in [2.24, 2.45) is 0 Å². The molecule has 3 nitrogen and oxygen atoms in total. The number of hydrogen-bond acceptors (Lipinski definition) is 4. The summed E-state index contributed by atoms with van der Waals surface area (Å²) in [5.41, 5.74) is -4.69. The molecular formula is C14H17F5N2OS. The van der Waals surface area contributed by atoms with Crippen LogP contribution in [-0.4, -0.2) is 54.2 Å². The second-order valence-corrected chi connectivity index (χ2v) is 6.30. The summed E-state index contributed by atoms with van der Waals surface area (Å²) < 4.78 is 66.7. The molecule has 1 aliphatic rings. The highest BCUT2D eigenvalue weighted by atomic mass is 32.2. The van der Waals surface area contributed by atoms with Crippen molar-refractivity contribution in [1.29, 1.82) is 0 Å². The number of hydrogen-bond donors (Lipinski definition) is 2. The van der Waals surface area contributed by atoms with Crippen molar-refractivity contribution in [2.45, 2.75) is 22.4 Å². The topological polar surface area (TPSA) is 35.5 Å². The highest BCUT2D eigenvalue weighted by Crippen LogP contribution is 2.45. The lowest BCUT2D eigenvalue weighted by Crippen LogP contribution is -2.51. The Bertz CT molecular complexity index is 520. The average molecular weight is 356 g/mol. The Kier molecular flexibility index (Phi) is 5.88. The third-order valence-electron chi connectivity index (χ3n) is 3.57. The van der Waals surface area contributed by atoms with Crippen LogP contribution in [0.4, 0.5) is 22.0 Å². The van der Waals surface area contributed by atoms with E-state index in [1.807, 2.05) is 0 Å². The molecule has 0 unspecified atom stereocenters. The Morgan fingerprint density at radius 2 is 1.74 bits per heavy atom. The Morgan fingerprint density at radius 3 is 2.30 bits per heavy atom. The van der Waals surface area contributed by atoms with Crippen molar-refractivity contribution in [1.82, 2.24) is 10.2 Å². The van der Waals surface area contributed by atoms with Gasteiger partial charge in [0.2, 0.25) is 0 Å². The molecule has 0 spiro atoms. The molecule has 0 aromatic heterocycles. The largest absolute Gasteiger partial charge is 0.446 e. The van der Waals surface area contributed by atoms with Crippen LogP contribution in [-0.2, 0) is 0 Å². The van der Waals surface area contributed by atoms with Crippen molar-refractivity contribution in [3.05, 3.63) is 29.8 Å². The molecule has 2 rings (SSSR count). The van der Waals surface area contributed by atoms with Crippen LogP contribution in [0.1, 0.15) is 11.6 Å². The predicted octanol–water partition coefficient (Wildman–Crippen LogP) is 2.87. The summed E-state index contributed by atoms with van der Waals surface area (Å²) in [6.07, 6.45) is 0. The zero-order chi connectivity index (χ0) is 17.1. The van der Waals surface area contributed by atoms with E-state index in [9.17, 15) is 22.0 Å². The molecule has 1 aromatic rings. The van der Waals surface area contributed by atoms with Gasteiger partial charge in [0, 0.05) is 31.1 Å². The minimum absolute atomic E-state index is 0.115. The molecule has 23 heavy (non-hydrogen) atoms. The Hall–Kier alpha value is -0.900. The molecule has 1 saturated heterocycles. The van der Waals surface area contributed by atoms with E-state index >= 15 is 0 Å². The maximum absolute atomic E-state index is 14.3. The van der Waals surface area contributed by atoms with Crippen LogP contribution >= 0.6 is 11.8 Å². The van der Waals surface area contributed by atoms with Crippen molar-refractivity contribution >= 4 is 11.8 Å². The minimum Gasteiger partial charge on any atom is -0.390 e. The first kappa shape index (κ1) is 18.4. The standard InChI is InChI=1S/C14H17F5N2OS/c15-13(16,9-22)12(21-7-5-20-6-8-21)10-3-1-2-4-11(10)23-14(17,18)19/h1-4,12,20,22H,5-9H2/t12-/m0/s1. The van der Waals surface area contributed by atoms with Crippen LogP contribution in [0.5, 0.6) is 0 Å². The van der Waals surface area contributed by atoms with Crippen LogP contribution < -0.4 is 5.32 Å². The molecule has 1 heterocycles. The SMILES string of the molecule is OCC(F)(F)[C@H](c1ccccc1SC(F)(F)F)N1CCNCC1. The summed E-state index contributed by atoms with van der Waals surface area (Å²) >= 11 is -0.411. The third kappa shape index (κ3) is 4.79. The van der Waals surface area contributed by atoms with E-state index in [0.29, 0.717) is 13.1 Å². The van der Waals surface area contributed by atoms with E-state index in [1.165, 1.54) is 29.2 Å². The number of aliphatic hydroxyl groups excluding tert-OH is 1. The predicted molar refractivity (Wildman–Crippen MR) is 77.6 cm³/mol. The quantitative estimate of drug-likeness (QED) is 0.628. The number of alkyl halides is 5. The lowest BCUT2D eigenvalue weighted by molar-refractivity contribution is -0.119. The highest BCUT2D eigenvalue weighted by Gasteiger charge is 2.45. The highest BCUT2D eigenvalue weighted by molar-refractivity contribution is 8.00. The van der Waals surface area contributed by atoms with Crippen molar-refractivity contribution < 1.29 is 27.1 Å². The van der Waals surface area contributed by atoms with E-state index < -0.39 is 35.8 Å². The van der Waals surface area contributed by atoms with Crippen LogP contribution in [0.25, 0.3) is 0 Å². The van der Waals surface area contributed by atoms with Gasteiger partial charge in [0.1, 0.15) is 12.6 Å². The number of halogens is 5. The fourth-order valence-corrected chi connectivity index (χ4v) is 3.34. The number of nitrogens with zero attached hydrogens (tertiary/aromatic N) is 1. The number of nitrogens with one attached hydrogen (secondary N) is 1. The second kappa shape index (κ2) is 7.33. The molecule has 2 N–H and O–H groups in total. The third-order valence-corrected chi connectivity index (χ3v) is 4.39. The lowest BCUT2D eigenvalue weighted by Gasteiger charge is -2.39. The van der Waals surface area contributed by atoms with Gasteiger partial charge in [-0.1, -0.05) is 18.2 Å². The molecule has 0 amide bonds. The molecule has 0 aliphatic carbocycles. The number of thioether (sulfide) groups is 1. The van der Waals surface area contributed by atoms with Gasteiger partial charge < -0.3 is 10.4 Å². The van der Waals surface area contributed by atoms with Gasteiger partial charge in [-0.15, -0.1) is 0 Å². The van der Waals surface area contributed by atoms with Gasteiger partial charge in [0.05, 0.1) is 0 Å². The zero-order valence-electron chi connectivity index (χ0n) is 12.1. The molecule has 0 radical (unpaired) electrons. The smallest absolute Gasteiger partial charge is 0.390 e. The summed E-state index contributed by atoms with van der Waals surface area (Å²) in [7, 11) is 0. The molecule has 1 aliphatic heterocycles. The first-order valence-corrected chi connectivity index (χ1v) is 7.84. The number of aliphatic hydroxyl groups is 1. The van der Waals surface area contributed by atoms with E-state index in [1.54, 1.807) is 0 Å². The Balaban J connectivity index is 2.43. The van der Waals surface area contributed by atoms with Crippen LogP contribution in [0.3, 0.4) is 0 Å². The van der Waals surface area contributed by atoms with E-state index in [-0.39, 0.29) is 23.5 Å². The van der Waals surface area contributed by atoms with Gasteiger partial charge in [0.25, 0.3) is 5.92 Å². The summed E-state index contributed by atoms with van der Waals surface area (Å²) in [5.74, 6) is -3.54. The lowest BCUT2D eigenvalue weighted by atomic mass is 9.98. The molecule has 1 aromatic carbocycles. The van der Waals surface area contributed by atoms with Gasteiger partial charge in [-0.25, -0.2) is 8.78 Å². The Morgan fingerprint density at radius 1 is 1.13 bits per heavy atom. The second-order valence-electron chi connectivity index (χ2n) is 5.19. The molecule has 9 heteroatoms. The normalized spacial score (nSPS) is 18.9. The van der Waals surface area contributed by atoms with Gasteiger partial charge in [-0.05, 0) is 23.4 Å². The van der Waals surface area contributed by atoms with Gasteiger partial charge >= 0.3 is 5.51 Å². The van der Waals surface area contributed by atoms with Crippen LogP contribution in [0.15, 0.2) is 29.2 Å². The summed E-state index contributed by atoms with van der Waals surface area (Å²) in [6.45, 7) is 0.0440. The summed E-state index contributed by atoms with van der Waals surface area (Å²) in [6, 6.07) is 3.66. The maximum Gasteiger partial charge on any atom is 0.446 e. The van der Waals surface area contributed by atoms with Crippen LogP contribution in [0.2, 0.25) is 0 Å². The summed E-state index contributed by atoms with van der Waals surface area (Å²) in [4.78, 5) is 1.15. The monoisotopic (exact) mass is 356 g/mol. The Labute approximate surface area is 134 Å². The molecule has 0 saturated carbocycles. The first-order chi connectivity index (χ1) is 10.7. The van der Waals surface area contributed by atoms with Crippen molar-refractivity contribution in [3.8, 4) is 0 Å². The van der Waals surface area contributed by atoms with Gasteiger partial charge in [-0.2, -0.15) is 13.2 Å². The minimum atomic E-state index is -4.57. The van der Waals surface area contributed by atoms with E-state index in [4.69, 9.17) is 5.11 Å². The van der Waals surface area contributed by atoms with Gasteiger partial charge in [-0.3, -0.25) is 4.90 Å². The molecule has 130 valence electrons. The average Bonchev–Trinajstić information content (AvgIpc) is 2.49. The fourth-order valence-electron chi connectivity index (χ4n) is 2.64. The number of benzene rings is 1. The van der Waals surface area contributed by atoms with Crippen molar-refractivity contribution in [2.75, 3.05) is 32.8 Å². The number of rotatable bonds is 5. The van der Waals surface area contributed by atoms with Gasteiger partial charge in [0.15, 0.2) is 0 Å². The molecule has 0 bridgehead atoms. The molecule has 1 fully saturated rings. The maximum atomic E-state index is 14.3. The summed E-state index contributed by atoms with van der Waals surface area (Å²) in [5, 5.41) is 12.1. The van der Waals surface area contributed by atoms with Crippen molar-refractivity contribution in [3.63, 3.8) is 0 Å². The van der Waals surface area contributed by atoms with E-state index in [2.05, 4.69) is 5.32 Å². The zero-order valence-corrected chi connectivity index (χ0v) is 12.9. The number of piperazine rings is 1. The fraction of sp³-hybridized carbons (Fsp3) is 0.571. The molecule has 1 atom stereocenters.